The number of ether oxygens (including phenoxy) is 2. The first-order valence-corrected chi connectivity index (χ1v) is 15.9. The van der Waals surface area contributed by atoms with Crippen LogP contribution in [0.25, 0.3) is 0 Å². The minimum atomic E-state index is -3.08. The van der Waals surface area contributed by atoms with E-state index in [0.717, 1.165) is 11.1 Å². The Morgan fingerprint density at radius 1 is 1.05 bits per heavy atom. The molecule has 0 bridgehead atoms. The predicted octanol–water partition coefficient (Wildman–Crippen LogP) is 5.85. The van der Waals surface area contributed by atoms with Gasteiger partial charge in [-0.15, -0.1) is 0 Å². The van der Waals surface area contributed by atoms with E-state index in [1.165, 1.54) is 0 Å². The Kier molecular flexibility index (Phi) is 7.07. The fourth-order valence-electron chi connectivity index (χ4n) is 5.90. The van der Waals surface area contributed by atoms with Crippen LogP contribution < -0.4 is 14.4 Å². The van der Waals surface area contributed by atoms with Crippen LogP contribution in [0.5, 0.6) is 11.5 Å². The van der Waals surface area contributed by atoms with Crippen LogP contribution in [0.3, 0.4) is 0 Å². The minimum Gasteiger partial charge on any atom is -0.493 e. The van der Waals surface area contributed by atoms with Gasteiger partial charge in [-0.1, -0.05) is 35.9 Å². The third-order valence-electron chi connectivity index (χ3n) is 8.11. The maximum atomic E-state index is 13.9. The van der Waals surface area contributed by atoms with E-state index in [1.807, 2.05) is 26.0 Å². The first-order valence-electron chi connectivity index (χ1n) is 15.2. The molecule has 3 aromatic rings. The summed E-state index contributed by atoms with van der Waals surface area (Å²) in [6, 6.07) is 17.0. The number of benzene rings is 3. The molecule has 0 radical (unpaired) electrons. The molecule has 2 heterocycles. The lowest BCUT2D eigenvalue weighted by Crippen LogP contribution is -2.41. The Hall–Kier alpha value is -3.07. The number of methoxy groups -OCH3 is 1. The standard InChI is InChI=1S/C32H36ClNO6S/c1-20(2)40-29-19-27-22(17-28(29)39-4)18-30(35)34(31(27)21-5-9-25(33)10-6-21)26-11-7-23(8-12-26)32(3,36)24-13-15-41(37,38)16-14-24/h5-12,17,19-20,24,31,36H,13-16,18H2,1-4H3/t31-,32-/m0/s1/i4D3. The van der Waals surface area contributed by atoms with E-state index in [4.69, 9.17) is 25.2 Å². The molecule has 5 rings (SSSR count). The molecule has 1 amide bonds. The van der Waals surface area contributed by atoms with Gasteiger partial charge in [0.1, 0.15) is 9.84 Å². The Bertz CT molecular complexity index is 1630. The first kappa shape index (κ1) is 25.6. The molecule has 2 aliphatic heterocycles. The summed E-state index contributed by atoms with van der Waals surface area (Å²) >= 11 is 6.21. The van der Waals surface area contributed by atoms with E-state index >= 15 is 0 Å². The van der Waals surface area contributed by atoms with Crippen molar-refractivity contribution in [2.75, 3.05) is 23.4 Å². The number of sulfone groups is 1. The van der Waals surface area contributed by atoms with Gasteiger partial charge >= 0.3 is 0 Å². The van der Waals surface area contributed by atoms with Crippen molar-refractivity contribution in [3.8, 4) is 11.5 Å². The maximum absolute atomic E-state index is 13.9. The number of hydrogen-bond acceptors (Lipinski definition) is 6. The van der Waals surface area contributed by atoms with E-state index in [-0.39, 0.29) is 47.4 Å². The molecule has 1 saturated heterocycles. The number of nitrogens with zero attached hydrogens (tertiary/aromatic N) is 1. The lowest BCUT2D eigenvalue weighted by Gasteiger charge is -2.39. The number of carbonyl (C=O) groups excluding carboxylic acids is 1. The van der Waals surface area contributed by atoms with E-state index in [1.54, 1.807) is 60.4 Å². The van der Waals surface area contributed by atoms with Gasteiger partial charge in [0.25, 0.3) is 0 Å². The molecule has 3 aromatic carbocycles. The number of amides is 1. The van der Waals surface area contributed by atoms with Crippen molar-refractivity contribution in [2.45, 2.75) is 57.8 Å². The van der Waals surface area contributed by atoms with Gasteiger partial charge in [-0.05, 0) is 98.2 Å². The number of aliphatic hydroxyl groups is 1. The molecule has 1 N–H and O–H groups in total. The lowest BCUT2D eigenvalue weighted by molar-refractivity contribution is -0.118. The van der Waals surface area contributed by atoms with Crippen molar-refractivity contribution >= 4 is 33.0 Å². The third kappa shape index (κ3) is 5.96. The van der Waals surface area contributed by atoms with Crippen LogP contribution in [0.4, 0.5) is 5.69 Å². The van der Waals surface area contributed by atoms with E-state index in [9.17, 15) is 18.3 Å². The number of carbonyl (C=O) groups is 1. The second-order valence-electron chi connectivity index (χ2n) is 11.3. The molecule has 0 aliphatic carbocycles. The Morgan fingerprint density at radius 2 is 1.71 bits per heavy atom. The third-order valence-corrected chi connectivity index (χ3v) is 10.1. The quantitative estimate of drug-likeness (QED) is 0.366. The van der Waals surface area contributed by atoms with Crippen molar-refractivity contribution < 1.29 is 31.9 Å². The van der Waals surface area contributed by atoms with Crippen molar-refractivity contribution in [2.24, 2.45) is 5.92 Å². The van der Waals surface area contributed by atoms with Crippen molar-refractivity contribution in [3.05, 3.63) is 87.9 Å². The minimum absolute atomic E-state index is 0.00520. The van der Waals surface area contributed by atoms with Crippen molar-refractivity contribution in [3.63, 3.8) is 0 Å². The zero-order chi connectivity index (χ0) is 32.0. The van der Waals surface area contributed by atoms with Crippen LogP contribution in [-0.4, -0.2) is 44.1 Å². The van der Waals surface area contributed by atoms with Crippen molar-refractivity contribution in [1.82, 2.24) is 0 Å². The number of halogens is 1. The zero-order valence-corrected chi connectivity index (χ0v) is 24.8. The summed E-state index contributed by atoms with van der Waals surface area (Å²) < 4.78 is 58.1. The molecule has 0 saturated carbocycles. The normalized spacial score (nSPS) is 21.8. The van der Waals surface area contributed by atoms with Crippen LogP contribution in [0, 0.1) is 5.92 Å². The number of fused-ring (bicyclic) bond motifs is 1. The fourth-order valence-corrected chi connectivity index (χ4v) is 7.51. The molecular formula is C32H36ClNO6S. The molecule has 9 heteroatoms. The Balaban J connectivity index is 1.57. The SMILES string of the molecule is [2H]C([2H])([2H])Oc1cc2c(cc1OC(C)C)[C@H](c1ccc(Cl)cc1)N(c1ccc([C@](C)(O)C3CCS(=O)(=O)CC3)cc1)C(=O)C2. The van der Waals surface area contributed by atoms with Crippen LogP contribution >= 0.6 is 11.6 Å². The molecule has 2 atom stereocenters. The lowest BCUT2D eigenvalue weighted by atomic mass is 9.79. The monoisotopic (exact) mass is 600 g/mol. The topological polar surface area (TPSA) is 93.1 Å². The molecular weight excluding hydrogens is 562 g/mol. The highest BCUT2D eigenvalue weighted by Gasteiger charge is 2.39. The van der Waals surface area contributed by atoms with E-state index < -0.39 is 28.5 Å². The van der Waals surface area contributed by atoms with Gasteiger partial charge in [0.05, 0.1) is 46.8 Å². The summed E-state index contributed by atoms with van der Waals surface area (Å²) in [5.74, 6) is -0.0324. The van der Waals surface area contributed by atoms with E-state index in [2.05, 4.69) is 0 Å². The zero-order valence-electron chi connectivity index (χ0n) is 26.3. The molecule has 0 unspecified atom stereocenters. The van der Waals surface area contributed by atoms with Crippen molar-refractivity contribution in [1.29, 1.82) is 0 Å². The maximum Gasteiger partial charge on any atom is 0.232 e. The van der Waals surface area contributed by atoms with Gasteiger partial charge in [-0.2, -0.15) is 0 Å². The van der Waals surface area contributed by atoms with E-state index in [0.29, 0.717) is 34.7 Å². The average molecular weight is 601 g/mol. The van der Waals surface area contributed by atoms with Gasteiger partial charge in [-0.3, -0.25) is 4.79 Å². The number of rotatable bonds is 7. The number of hydrogen-bond donors (Lipinski definition) is 1. The van der Waals surface area contributed by atoms with Crippen LogP contribution in [-0.2, 0) is 26.7 Å². The average Bonchev–Trinajstić information content (AvgIpc) is 2.92. The summed E-state index contributed by atoms with van der Waals surface area (Å²) in [6.07, 6.45) is 0.484. The second-order valence-corrected chi connectivity index (χ2v) is 14.0. The van der Waals surface area contributed by atoms with Gasteiger partial charge < -0.3 is 19.5 Å². The summed E-state index contributed by atoms with van der Waals surface area (Å²) in [4.78, 5) is 15.5. The molecule has 218 valence electrons. The van der Waals surface area contributed by atoms with Gasteiger partial charge in [-0.25, -0.2) is 8.42 Å². The van der Waals surface area contributed by atoms with Gasteiger partial charge in [0.15, 0.2) is 11.5 Å². The predicted molar refractivity (Wildman–Crippen MR) is 161 cm³/mol. The Morgan fingerprint density at radius 3 is 2.32 bits per heavy atom. The molecule has 7 nitrogen and oxygen atoms in total. The highest BCUT2D eigenvalue weighted by Crippen LogP contribution is 2.44. The van der Waals surface area contributed by atoms with Crippen LogP contribution in [0.2, 0.25) is 5.02 Å². The summed E-state index contributed by atoms with van der Waals surface area (Å²) in [5, 5.41) is 12.0. The van der Waals surface area contributed by atoms with Crippen LogP contribution in [0.15, 0.2) is 60.7 Å². The summed E-state index contributed by atoms with van der Waals surface area (Å²) in [5.41, 5.74) is 2.14. The molecule has 41 heavy (non-hydrogen) atoms. The molecule has 1 fully saturated rings. The largest absolute Gasteiger partial charge is 0.493 e. The van der Waals surface area contributed by atoms with Gasteiger partial charge in [0, 0.05) is 10.7 Å². The fraction of sp³-hybridized carbons (Fsp3) is 0.406. The van der Waals surface area contributed by atoms with Crippen LogP contribution in [0.1, 0.15) is 66.0 Å². The molecule has 0 spiro atoms. The molecule has 0 aromatic heterocycles. The summed E-state index contributed by atoms with van der Waals surface area (Å²) in [6.45, 7) is 5.36. The Labute approximate surface area is 251 Å². The summed E-state index contributed by atoms with van der Waals surface area (Å²) in [7, 11) is -5.79. The smallest absolute Gasteiger partial charge is 0.232 e. The second kappa shape index (κ2) is 11.3. The first-order chi connectivity index (χ1) is 20.5. The molecule has 2 aliphatic rings. The highest BCUT2D eigenvalue weighted by molar-refractivity contribution is 7.91. The highest BCUT2D eigenvalue weighted by atomic mass is 35.5. The van der Waals surface area contributed by atoms with Gasteiger partial charge in [0.2, 0.25) is 5.91 Å². The number of anilines is 1.